The van der Waals surface area contributed by atoms with Crippen molar-refractivity contribution in [3.8, 4) is 0 Å². The van der Waals surface area contributed by atoms with Crippen molar-refractivity contribution < 1.29 is 9.53 Å². The standard InChI is InChI=1S/C12H15ClO2S/c1-2-15-12(14)9-8-11(13)16-10-6-4-3-5-7-10/h3-7,11H,2,8-9H2,1H3. The van der Waals surface area contributed by atoms with E-state index in [2.05, 4.69) is 0 Å². The van der Waals surface area contributed by atoms with Gasteiger partial charge in [-0.2, -0.15) is 0 Å². The number of carbonyl (C=O) groups is 1. The Morgan fingerprint density at radius 2 is 2.12 bits per heavy atom. The molecule has 2 nitrogen and oxygen atoms in total. The van der Waals surface area contributed by atoms with Gasteiger partial charge in [0, 0.05) is 11.3 Å². The van der Waals surface area contributed by atoms with Crippen LogP contribution in [0.25, 0.3) is 0 Å². The van der Waals surface area contributed by atoms with E-state index in [-0.39, 0.29) is 10.7 Å². The molecule has 0 aliphatic heterocycles. The van der Waals surface area contributed by atoms with E-state index in [4.69, 9.17) is 16.3 Å². The third-order valence-corrected chi connectivity index (χ3v) is 3.41. The normalized spacial score (nSPS) is 12.1. The van der Waals surface area contributed by atoms with Crippen LogP contribution in [0.3, 0.4) is 0 Å². The molecule has 1 aromatic carbocycles. The molecule has 1 unspecified atom stereocenters. The number of hydrogen-bond donors (Lipinski definition) is 0. The molecule has 1 rings (SSSR count). The zero-order valence-electron chi connectivity index (χ0n) is 9.19. The van der Waals surface area contributed by atoms with Crippen molar-refractivity contribution in [3.05, 3.63) is 30.3 Å². The number of esters is 1. The molecule has 1 aromatic rings. The Morgan fingerprint density at radius 3 is 2.75 bits per heavy atom. The van der Waals surface area contributed by atoms with Crippen LogP contribution in [0.4, 0.5) is 0 Å². The summed E-state index contributed by atoms with van der Waals surface area (Å²) in [6, 6.07) is 9.91. The molecule has 88 valence electrons. The summed E-state index contributed by atoms with van der Waals surface area (Å²) in [5.41, 5.74) is 0. The maximum absolute atomic E-state index is 11.1. The third-order valence-electron chi connectivity index (χ3n) is 1.89. The summed E-state index contributed by atoms with van der Waals surface area (Å²) >= 11 is 7.68. The number of thioether (sulfide) groups is 1. The first-order valence-corrected chi connectivity index (χ1v) is 6.55. The van der Waals surface area contributed by atoms with Gasteiger partial charge < -0.3 is 4.74 Å². The third kappa shape index (κ3) is 5.42. The minimum Gasteiger partial charge on any atom is -0.466 e. The highest BCUT2D eigenvalue weighted by atomic mass is 35.5. The summed E-state index contributed by atoms with van der Waals surface area (Å²) in [5.74, 6) is -0.179. The highest BCUT2D eigenvalue weighted by Crippen LogP contribution is 2.28. The molecule has 1 atom stereocenters. The highest BCUT2D eigenvalue weighted by molar-refractivity contribution is 8.01. The van der Waals surface area contributed by atoms with Gasteiger partial charge in [-0.25, -0.2) is 0 Å². The summed E-state index contributed by atoms with van der Waals surface area (Å²) in [5, 5.41) is 0. The van der Waals surface area contributed by atoms with Gasteiger partial charge in [-0.1, -0.05) is 18.2 Å². The van der Waals surface area contributed by atoms with Gasteiger partial charge in [-0.3, -0.25) is 4.79 Å². The van der Waals surface area contributed by atoms with Crippen molar-refractivity contribution in [1.82, 2.24) is 0 Å². The molecule has 4 heteroatoms. The van der Waals surface area contributed by atoms with E-state index in [9.17, 15) is 4.79 Å². The van der Waals surface area contributed by atoms with E-state index in [0.717, 1.165) is 4.90 Å². The summed E-state index contributed by atoms with van der Waals surface area (Å²) in [6.45, 7) is 2.23. The fourth-order valence-corrected chi connectivity index (χ4v) is 2.43. The molecule has 0 N–H and O–H groups in total. The van der Waals surface area contributed by atoms with E-state index < -0.39 is 0 Å². The van der Waals surface area contributed by atoms with Gasteiger partial charge in [0.15, 0.2) is 0 Å². The first-order chi connectivity index (χ1) is 7.72. The maximum atomic E-state index is 11.1. The highest BCUT2D eigenvalue weighted by Gasteiger charge is 2.10. The molecule has 0 saturated heterocycles. The molecular formula is C12H15ClO2S. The van der Waals surface area contributed by atoms with Crippen LogP contribution in [-0.4, -0.2) is 17.3 Å². The van der Waals surface area contributed by atoms with Gasteiger partial charge in [0.25, 0.3) is 0 Å². The van der Waals surface area contributed by atoms with E-state index in [1.807, 2.05) is 30.3 Å². The molecule has 0 radical (unpaired) electrons. The van der Waals surface area contributed by atoms with Gasteiger partial charge in [0.1, 0.15) is 0 Å². The zero-order chi connectivity index (χ0) is 11.8. The van der Waals surface area contributed by atoms with Gasteiger partial charge in [0.05, 0.1) is 11.3 Å². The second-order valence-corrected chi connectivity index (χ2v) is 5.25. The molecular weight excluding hydrogens is 244 g/mol. The molecule has 0 amide bonds. The van der Waals surface area contributed by atoms with Crippen molar-refractivity contribution in [2.24, 2.45) is 0 Å². The molecule has 0 aliphatic carbocycles. The number of ether oxygens (including phenoxy) is 1. The van der Waals surface area contributed by atoms with Crippen LogP contribution in [-0.2, 0) is 9.53 Å². The number of alkyl halides is 1. The van der Waals surface area contributed by atoms with E-state index >= 15 is 0 Å². The molecule has 0 bridgehead atoms. The lowest BCUT2D eigenvalue weighted by molar-refractivity contribution is -0.143. The lowest BCUT2D eigenvalue weighted by Gasteiger charge is -2.08. The Hall–Kier alpha value is -0.670. The first-order valence-electron chi connectivity index (χ1n) is 5.23. The van der Waals surface area contributed by atoms with E-state index in [1.165, 1.54) is 0 Å². The van der Waals surface area contributed by atoms with Crippen molar-refractivity contribution in [1.29, 1.82) is 0 Å². The summed E-state index contributed by atoms with van der Waals surface area (Å²) in [6.07, 6.45) is 1.00. The van der Waals surface area contributed by atoms with Crippen molar-refractivity contribution in [2.45, 2.75) is 29.4 Å². The van der Waals surface area contributed by atoms with Gasteiger partial charge in [-0.15, -0.1) is 23.4 Å². The number of hydrogen-bond acceptors (Lipinski definition) is 3. The van der Waals surface area contributed by atoms with Crippen molar-refractivity contribution >= 4 is 29.3 Å². The number of carbonyl (C=O) groups excluding carboxylic acids is 1. The molecule has 16 heavy (non-hydrogen) atoms. The predicted octanol–water partition coefficient (Wildman–Crippen LogP) is 3.69. The Labute approximate surface area is 105 Å². The average Bonchev–Trinajstić information content (AvgIpc) is 2.28. The summed E-state index contributed by atoms with van der Waals surface area (Å²) in [4.78, 5) is 12.2. The van der Waals surface area contributed by atoms with Crippen molar-refractivity contribution in [2.75, 3.05) is 6.61 Å². The van der Waals surface area contributed by atoms with Crippen LogP contribution in [0.15, 0.2) is 35.2 Å². The largest absolute Gasteiger partial charge is 0.466 e. The maximum Gasteiger partial charge on any atom is 0.305 e. The van der Waals surface area contributed by atoms with Gasteiger partial charge >= 0.3 is 5.97 Å². The second kappa shape index (κ2) is 7.58. The summed E-state index contributed by atoms with van der Waals surface area (Å²) in [7, 11) is 0. The second-order valence-electron chi connectivity index (χ2n) is 3.18. The predicted molar refractivity (Wildman–Crippen MR) is 67.8 cm³/mol. The van der Waals surface area contributed by atoms with E-state index in [0.29, 0.717) is 19.4 Å². The quantitative estimate of drug-likeness (QED) is 0.442. The number of rotatable bonds is 6. The molecule has 0 spiro atoms. The van der Waals surface area contributed by atoms with Crippen LogP contribution in [0, 0.1) is 0 Å². The smallest absolute Gasteiger partial charge is 0.305 e. The molecule has 0 aromatic heterocycles. The molecule has 0 saturated carbocycles. The molecule has 0 heterocycles. The van der Waals surface area contributed by atoms with Crippen LogP contribution in [0.1, 0.15) is 19.8 Å². The lowest BCUT2D eigenvalue weighted by Crippen LogP contribution is -2.06. The summed E-state index contributed by atoms with van der Waals surface area (Å²) < 4.78 is 4.74. The number of benzene rings is 1. The monoisotopic (exact) mass is 258 g/mol. The Kier molecular flexibility index (Phi) is 6.34. The van der Waals surface area contributed by atoms with Gasteiger partial charge in [-0.05, 0) is 25.5 Å². The lowest BCUT2D eigenvalue weighted by atomic mass is 10.3. The van der Waals surface area contributed by atoms with Crippen LogP contribution in [0.5, 0.6) is 0 Å². The minimum atomic E-state index is -0.179. The van der Waals surface area contributed by atoms with Gasteiger partial charge in [0.2, 0.25) is 0 Å². The van der Waals surface area contributed by atoms with Crippen LogP contribution < -0.4 is 0 Å². The zero-order valence-corrected chi connectivity index (χ0v) is 10.8. The first kappa shape index (κ1) is 13.4. The topological polar surface area (TPSA) is 26.3 Å². The fraction of sp³-hybridized carbons (Fsp3) is 0.417. The average molecular weight is 259 g/mol. The van der Waals surface area contributed by atoms with Crippen LogP contribution >= 0.6 is 23.4 Å². The van der Waals surface area contributed by atoms with Crippen molar-refractivity contribution in [3.63, 3.8) is 0 Å². The Balaban J connectivity index is 2.26. The Bertz CT molecular complexity index is 316. The van der Waals surface area contributed by atoms with Crippen LogP contribution in [0.2, 0.25) is 0 Å². The molecule has 0 fully saturated rings. The Morgan fingerprint density at radius 1 is 1.44 bits per heavy atom. The minimum absolute atomic E-state index is 0.0909. The molecule has 0 aliphatic rings. The fourth-order valence-electron chi connectivity index (χ4n) is 1.17. The SMILES string of the molecule is CCOC(=O)CCC(Cl)Sc1ccccc1. The van der Waals surface area contributed by atoms with E-state index in [1.54, 1.807) is 18.7 Å². The number of halogens is 1.